The molecule has 31 heavy (non-hydrogen) atoms. The maximum Gasteiger partial charge on any atom is 0.408 e. The number of hydrogen-bond donors (Lipinski definition) is 4. The lowest BCUT2D eigenvalue weighted by atomic mass is 10.2. The van der Waals surface area contributed by atoms with Gasteiger partial charge in [0, 0.05) is 11.4 Å². The lowest BCUT2D eigenvalue weighted by Gasteiger charge is -2.19. The molecule has 0 radical (unpaired) electrons. The van der Waals surface area contributed by atoms with E-state index in [0.29, 0.717) is 17.1 Å². The van der Waals surface area contributed by atoms with Gasteiger partial charge in [-0.1, -0.05) is 6.07 Å². The van der Waals surface area contributed by atoms with Crippen molar-refractivity contribution < 1.29 is 29.0 Å². The maximum atomic E-state index is 12.4. The van der Waals surface area contributed by atoms with Crippen LogP contribution in [-0.2, 0) is 14.3 Å². The van der Waals surface area contributed by atoms with E-state index in [9.17, 15) is 19.5 Å². The molecular weight excluding hydrogens is 402 g/mol. The van der Waals surface area contributed by atoms with Gasteiger partial charge in [-0.25, -0.2) is 4.79 Å². The highest BCUT2D eigenvalue weighted by atomic mass is 16.6. The van der Waals surface area contributed by atoms with Gasteiger partial charge < -0.3 is 30.5 Å². The lowest BCUT2D eigenvalue weighted by molar-refractivity contribution is -0.122. The van der Waals surface area contributed by atoms with Crippen molar-refractivity contribution in [1.29, 1.82) is 0 Å². The molecule has 0 heterocycles. The average Bonchev–Trinajstić information content (AvgIpc) is 2.67. The van der Waals surface area contributed by atoms with Crippen LogP contribution in [0.3, 0.4) is 0 Å². The number of benzene rings is 2. The third-order valence-corrected chi connectivity index (χ3v) is 3.72. The summed E-state index contributed by atoms with van der Waals surface area (Å²) in [6.07, 6.45) is -1.48. The topological polar surface area (TPSA) is 126 Å². The molecule has 1 unspecified atom stereocenters. The fraction of sp³-hybridized carbons (Fsp3) is 0.318. The molecule has 0 saturated heterocycles. The summed E-state index contributed by atoms with van der Waals surface area (Å²) in [6, 6.07) is 12.6. The summed E-state index contributed by atoms with van der Waals surface area (Å²) < 4.78 is 10.6. The van der Waals surface area contributed by atoms with E-state index in [2.05, 4.69) is 16.0 Å². The van der Waals surface area contributed by atoms with Crippen molar-refractivity contribution >= 4 is 29.3 Å². The monoisotopic (exact) mass is 429 g/mol. The first kappa shape index (κ1) is 23.5. The predicted octanol–water partition coefficient (Wildman–Crippen LogP) is 3.26. The van der Waals surface area contributed by atoms with E-state index >= 15 is 0 Å². The molecule has 0 saturated carbocycles. The van der Waals surface area contributed by atoms with Crippen LogP contribution in [0, 0.1) is 0 Å². The molecule has 2 aromatic carbocycles. The Morgan fingerprint density at radius 3 is 2.23 bits per heavy atom. The minimum atomic E-state index is -0.791. The van der Waals surface area contributed by atoms with Crippen LogP contribution in [0.15, 0.2) is 48.5 Å². The molecule has 0 aliphatic heterocycles. The van der Waals surface area contributed by atoms with E-state index in [1.807, 2.05) is 0 Å². The highest BCUT2D eigenvalue weighted by Gasteiger charge is 2.17. The third kappa shape index (κ3) is 8.65. The standard InChI is InChI=1S/C22H27N3O6/c1-14(30-18-10-8-17(26)9-11-18)20(28)25-16-7-5-6-15(12-16)24-19(27)13-23-21(29)31-22(2,3)4/h5-12,14,26H,13H2,1-4H3,(H,23,29)(H,24,27)(H,25,28). The number of phenolic OH excluding ortho intramolecular Hbond substituents is 1. The van der Waals surface area contributed by atoms with Crippen LogP contribution >= 0.6 is 0 Å². The van der Waals surface area contributed by atoms with E-state index in [4.69, 9.17) is 9.47 Å². The largest absolute Gasteiger partial charge is 0.508 e. The fourth-order valence-electron chi connectivity index (χ4n) is 2.37. The number of carbonyl (C=O) groups excluding carboxylic acids is 3. The van der Waals surface area contributed by atoms with Crippen LogP contribution in [0.2, 0.25) is 0 Å². The third-order valence-electron chi connectivity index (χ3n) is 3.72. The first-order valence-corrected chi connectivity index (χ1v) is 9.65. The van der Waals surface area contributed by atoms with Gasteiger partial charge in [-0.3, -0.25) is 9.59 Å². The predicted molar refractivity (Wildman–Crippen MR) is 116 cm³/mol. The van der Waals surface area contributed by atoms with E-state index in [0.717, 1.165) is 0 Å². The molecule has 3 amide bonds. The fourth-order valence-corrected chi connectivity index (χ4v) is 2.37. The van der Waals surface area contributed by atoms with Gasteiger partial charge in [-0.15, -0.1) is 0 Å². The zero-order valence-electron chi connectivity index (χ0n) is 17.9. The van der Waals surface area contributed by atoms with Gasteiger partial charge in [0.25, 0.3) is 5.91 Å². The number of amides is 3. The SMILES string of the molecule is CC(Oc1ccc(O)cc1)C(=O)Nc1cccc(NC(=O)CNC(=O)OC(C)(C)C)c1. The molecule has 9 nitrogen and oxygen atoms in total. The first-order valence-electron chi connectivity index (χ1n) is 9.65. The van der Waals surface area contributed by atoms with E-state index < -0.39 is 23.7 Å². The van der Waals surface area contributed by atoms with Crippen LogP contribution in [-0.4, -0.2) is 41.3 Å². The smallest absolute Gasteiger partial charge is 0.408 e. The molecule has 2 rings (SSSR count). The summed E-state index contributed by atoms with van der Waals surface area (Å²) >= 11 is 0. The van der Waals surface area contributed by atoms with Crippen LogP contribution in [0.5, 0.6) is 11.5 Å². The van der Waals surface area contributed by atoms with Crippen LogP contribution in [0.25, 0.3) is 0 Å². The van der Waals surface area contributed by atoms with Crippen molar-refractivity contribution in [3.63, 3.8) is 0 Å². The second kappa shape index (κ2) is 10.3. The number of aromatic hydroxyl groups is 1. The minimum Gasteiger partial charge on any atom is -0.508 e. The van der Waals surface area contributed by atoms with E-state index in [1.165, 1.54) is 12.1 Å². The maximum absolute atomic E-state index is 12.4. The Morgan fingerprint density at radius 1 is 1.00 bits per heavy atom. The Labute approximate surface area is 180 Å². The molecule has 2 aromatic rings. The number of ether oxygens (including phenoxy) is 2. The molecule has 0 spiro atoms. The van der Waals surface area contributed by atoms with Crippen LogP contribution in [0.1, 0.15) is 27.7 Å². The second-order valence-electron chi connectivity index (χ2n) is 7.73. The number of rotatable bonds is 7. The van der Waals surface area contributed by atoms with E-state index in [1.54, 1.807) is 64.1 Å². The quantitative estimate of drug-likeness (QED) is 0.535. The average molecular weight is 429 g/mol. The van der Waals surface area contributed by atoms with Crippen molar-refractivity contribution in [2.45, 2.75) is 39.4 Å². The Morgan fingerprint density at radius 2 is 1.61 bits per heavy atom. The summed E-state index contributed by atoms with van der Waals surface area (Å²) in [5, 5.41) is 17.0. The van der Waals surface area contributed by atoms with Crippen LogP contribution < -0.4 is 20.7 Å². The normalized spacial score (nSPS) is 11.7. The Kier molecular flexibility index (Phi) is 7.84. The van der Waals surface area contributed by atoms with Crippen molar-refractivity contribution in [2.75, 3.05) is 17.2 Å². The van der Waals surface area contributed by atoms with Crippen molar-refractivity contribution in [3.05, 3.63) is 48.5 Å². The van der Waals surface area contributed by atoms with Gasteiger partial charge in [0.05, 0.1) is 0 Å². The van der Waals surface area contributed by atoms with Gasteiger partial charge in [0.15, 0.2) is 6.10 Å². The molecule has 9 heteroatoms. The summed E-state index contributed by atoms with van der Waals surface area (Å²) in [4.78, 5) is 36.0. The van der Waals surface area contributed by atoms with E-state index in [-0.39, 0.29) is 18.2 Å². The Hall–Kier alpha value is -3.75. The van der Waals surface area contributed by atoms with Crippen LogP contribution in [0.4, 0.5) is 16.2 Å². The number of nitrogens with one attached hydrogen (secondary N) is 3. The molecule has 1 atom stereocenters. The van der Waals surface area contributed by atoms with Crippen molar-refractivity contribution in [1.82, 2.24) is 5.32 Å². The molecular formula is C22H27N3O6. The van der Waals surface area contributed by atoms with Gasteiger partial charge >= 0.3 is 6.09 Å². The highest BCUT2D eigenvalue weighted by Crippen LogP contribution is 2.19. The van der Waals surface area contributed by atoms with Gasteiger partial charge in [-0.05, 0) is 70.2 Å². The summed E-state index contributed by atoms with van der Waals surface area (Å²) in [5.41, 5.74) is 0.251. The summed E-state index contributed by atoms with van der Waals surface area (Å²) in [7, 11) is 0. The zero-order chi connectivity index (χ0) is 23.0. The zero-order valence-corrected chi connectivity index (χ0v) is 17.9. The molecule has 4 N–H and O–H groups in total. The Bertz CT molecular complexity index is 922. The number of anilines is 2. The molecule has 0 bridgehead atoms. The first-order chi connectivity index (χ1) is 14.5. The molecule has 166 valence electrons. The molecule has 0 fully saturated rings. The summed E-state index contributed by atoms with van der Waals surface area (Å²) in [6.45, 7) is 6.51. The number of carbonyl (C=O) groups is 3. The van der Waals surface area contributed by atoms with Gasteiger partial charge in [0.1, 0.15) is 23.6 Å². The second-order valence-corrected chi connectivity index (χ2v) is 7.73. The van der Waals surface area contributed by atoms with Gasteiger partial charge in [0.2, 0.25) is 5.91 Å². The molecule has 0 aliphatic rings. The van der Waals surface area contributed by atoms with Crippen molar-refractivity contribution in [2.24, 2.45) is 0 Å². The van der Waals surface area contributed by atoms with Gasteiger partial charge in [-0.2, -0.15) is 0 Å². The highest BCUT2D eigenvalue weighted by molar-refractivity contribution is 5.97. The van der Waals surface area contributed by atoms with Crippen molar-refractivity contribution in [3.8, 4) is 11.5 Å². The molecule has 0 aliphatic carbocycles. The lowest BCUT2D eigenvalue weighted by Crippen LogP contribution is -2.37. The molecule has 0 aromatic heterocycles. The Balaban J connectivity index is 1.86. The number of alkyl carbamates (subject to hydrolysis) is 1. The number of hydrogen-bond acceptors (Lipinski definition) is 6. The number of phenols is 1. The summed E-state index contributed by atoms with van der Waals surface area (Å²) in [5.74, 6) is -0.287. The minimum absolute atomic E-state index is 0.101.